The largest absolute Gasteiger partial charge is 0.466 e. The van der Waals surface area contributed by atoms with E-state index >= 15 is 0 Å². The molecule has 1 heterocycles. The summed E-state index contributed by atoms with van der Waals surface area (Å²) in [6.45, 7) is 2.81. The van der Waals surface area contributed by atoms with Crippen molar-refractivity contribution in [1.82, 2.24) is 9.55 Å². The highest BCUT2D eigenvalue weighted by atomic mass is 79.9. The fourth-order valence-corrected chi connectivity index (χ4v) is 3.11. The van der Waals surface area contributed by atoms with Gasteiger partial charge >= 0.3 is 17.6 Å². The maximum absolute atomic E-state index is 12.0. The van der Waals surface area contributed by atoms with Gasteiger partial charge in [-0.3, -0.25) is 23.9 Å². The van der Waals surface area contributed by atoms with Gasteiger partial charge in [-0.05, 0) is 34.7 Å². The van der Waals surface area contributed by atoms with Crippen molar-refractivity contribution in [3.63, 3.8) is 0 Å². The van der Waals surface area contributed by atoms with E-state index in [0.29, 0.717) is 12.8 Å². The Morgan fingerprint density at radius 3 is 2.61 bits per heavy atom. The summed E-state index contributed by atoms with van der Waals surface area (Å²) in [7, 11) is 0. The lowest BCUT2D eigenvalue weighted by Gasteiger charge is -2.21. The van der Waals surface area contributed by atoms with Crippen molar-refractivity contribution >= 4 is 27.9 Å². The zero-order valence-electron chi connectivity index (χ0n) is 12.7. The van der Waals surface area contributed by atoms with E-state index in [1.807, 2.05) is 0 Å². The molecule has 0 unspecified atom stereocenters. The monoisotopic (exact) mass is 388 g/mol. The molecule has 9 heteroatoms. The summed E-state index contributed by atoms with van der Waals surface area (Å²) < 4.78 is 11.8. The Balaban J connectivity index is 2.27. The lowest BCUT2D eigenvalue weighted by atomic mass is 10.1. The zero-order valence-corrected chi connectivity index (χ0v) is 14.3. The third kappa shape index (κ3) is 4.31. The normalized spacial score (nSPS) is 23.5. The van der Waals surface area contributed by atoms with Crippen LogP contribution in [0.3, 0.4) is 0 Å². The molecule has 0 saturated heterocycles. The fourth-order valence-electron chi connectivity index (χ4n) is 2.79. The van der Waals surface area contributed by atoms with E-state index < -0.39 is 29.4 Å². The summed E-state index contributed by atoms with van der Waals surface area (Å²) in [6.07, 6.45) is 1.82. The molecule has 0 spiro atoms. The number of nitrogens with zero attached hydrogens (tertiary/aromatic N) is 1. The maximum atomic E-state index is 12.0. The van der Waals surface area contributed by atoms with Crippen molar-refractivity contribution in [2.75, 3.05) is 6.61 Å². The average molecular weight is 389 g/mol. The second kappa shape index (κ2) is 7.12. The minimum atomic E-state index is -0.575. The van der Waals surface area contributed by atoms with Gasteiger partial charge in [0.05, 0.1) is 17.1 Å². The van der Waals surface area contributed by atoms with E-state index in [-0.39, 0.29) is 23.0 Å². The summed E-state index contributed by atoms with van der Waals surface area (Å²) >= 11 is 3.08. The van der Waals surface area contributed by atoms with Gasteiger partial charge in [-0.15, -0.1) is 0 Å². The molecule has 1 aliphatic carbocycles. The number of aromatic amines is 1. The Labute approximate surface area is 139 Å². The quantitative estimate of drug-likeness (QED) is 0.762. The van der Waals surface area contributed by atoms with E-state index in [1.165, 1.54) is 24.6 Å². The number of H-pyrrole nitrogens is 1. The number of halogens is 1. The summed E-state index contributed by atoms with van der Waals surface area (Å²) in [4.78, 5) is 47.9. The van der Waals surface area contributed by atoms with E-state index in [9.17, 15) is 19.2 Å². The van der Waals surface area contributed by atoms with Crippen molar-refractivity contribution in [3.8, 4) is 0 Å². The second-order valence-corrected chi connectivity index (χ2v) is 6.35. The number of hydrogen-bond acceptors (Lipinski definition) is 6. The SMILES string of the molecule is CC(=O)OC[C@H]1C[C@@H](n2cc(Br)c(=O)[nH]c2=O)[C@H](OC(C)=O)C1. The molecule has 0 aromatic carbocycles. The maximum Gasteiger partial charge on any atom is 0.328 e. The van der Waals surface area contributed by atoms with Crippen LogP contribution in [0.1, 0.15) is 32.7 Å². The van der Waals surface area contributed by atoms with Crippen LogP contribution in [-0.4, -0.2) is 34.2 Å². The van der Waals surface area contributed by atoms with Gasteiger partial charge in [-0.1, -0.05) is 0 Å². The van der Waals surface area contributed by atoms with Crippen molar-refractivity contribution in [2.45, 2.75) is 38.8 Å². The van der Waals surface area contributed by atoms with E-state index in [2.05, 4.69) is 20.9 Å². The molecular formula is C14H17BrN2O6. The highest BCUT2D eigenvalue weighted by molar-refractivity contribution is 9.10. The van der Waals surface area contributed by atoms with Gasteiger partial charge in [0, 0.05) is 20.0 Å². The van der Waals surface area contributed by atoms with Crippen LogP contribution in [0.2, 0.25) is 0 Å². The van der Waals surface area contributed by atoms with Crippen LogP contribution < -0.4 is 11.2 Å². The Kier molecular flexibility index (Phi) is 5.40. The fraction of sp³-hybridized carbons (Fsp3) is 0.571. The predicted octanol–water partition coefficient (Wildman–Crippen LogP) is 0.745. The smallest absolute Gasteiger partial charge is 0.328 e. The summed E-state index contributed by atoms with van der Waals surface area (Å²) in [5.74, 6) is -0.878. The topological polar surface area (TPSA) is 107 Å². The number of hydrogen-bond donors (Lipinski definition) is 1. The molecule has 1 aliphatic rings. The first-order chi connectivity index (χ1) is 10.8. The Morgan fingerprint density at radius 2 is 2.00 bits per heavy atom. The molecule has 2 rings (SSSR count). The molecule has 1 aromatic heterocycles. The molecule has 1 saturated carbocycles. The standard InChI is InChI=1S/C14H17BrN2O6/c1-7(18)22-6-9-3-11(12(4-9)23-8(2)19)17-5-10(15)13(20)16-14(17)21/h5,9,11-12H,3-4,6H2,1-2H3,(H,16,20,21)/t9-,11+,12+/m0/s1. The van der Waals surface area contributed by atoms with Gasteiger partial charge in [-0.25, -0.2) is 4.79 Å². The molecule has 0 amide bonds. The molecule has 126 valence electrons. The lowest BCUT2D eigenvalue weighted by Crippen LogP contribution is -2.36. The van der Waals surface area contributed by atoms with E-state index in [4.69, 9.17) is 9.47 Å². The lowest BCUT2D eigenvalue weighted by molar-refractivity contribution is -0.148. The molecular weight excluding hydrogens is 372 g/mol. The highest BCUT2D eigenvalue weighted by Crippen LogP contribution is 2.36. The molecule has 0 aliphatic heterocycles. The molecule has 3 atom stereocenters. The van der Waals surface area contributed by atoms with Gasteiger partial charge in [0.25, 0.3) is 5.56 Å². The van der Waals surface area contributed by atoms with Crippen LogP contribution in [-0.2, 0) is 19.1 Å². The Morgan fingerprint density at radius 1 is 1.30 bits per heavy atom. The van der Waals surface area contributed by atoms with Crippen LogP contribution in [0, 0.1) is 5.92 Å². The van der Waals surface area contributed by atoms with Crippen molar-refractivity contribution < 1.29 is 19.1 Å². The number of rotatable bonds is 4. The second-order valence-electron chi connectivity index (χ2n) is 5.50. The first kappa shape index (κ1) is 17.5. The van der Waals surface area contributed by atoms with Gasteiger partial charge < -0.3 is 9.47 Å². The van der Waals surface area contributed by atoms with Gasteiger partial charge in [0.15, 0.2) is 0 Å². The van der Waals surface area contributed by atoms with Crippen LogP contribution in [0.15, 0.2) is 20.3 Å². The molecule has 0 radical (unpaired) electrons. The van der Waals surface area contributed by atoms with Crippen LogP contribution in [0.4, 0.5) is 0 Å². The molecule has 8 nitrogen and oxygen atoms in total. The van der Waals surface area contributed by atoms with Gasteiger partial charge in [0.1, 0.15) is 6.10 Å². The third-order valence-electron chi connectivity index (χ3n) is 3.69. The van der Waals surface area contributed by atoms with E-state index in [1.54, 1.807) is 0 Å². The molecule has 23 heavy (non-hydrogen) atoms. The highest BCUT2D eigenvalue weighted by Gasteiger charge is 2.38. The minimum absolute atomic E-state index is 0.0362. The number of carbonyl (C=O) groups is 2. The number of ether oxygens (including phenoxy) is 2. The zero-order chi connectivity index (χ0) is 17.1. The molecule has 1 fully saturated rings. The van der Waals surface area contributed by atoms with Crippen LogP contribution in [0.5, 0.6) is 0 Å². The van der Waals surface area contributed by atoms with Crippen molar-refractivity contribution in [2.24, 2.45) is 5.92 Å². The number of carbonyl (C=O) groups excluding carboxylic acids is 2. The number of aromatic nitrogens is 2. The molecule has 0 bridgehead atoms. The summed E-state index contributed by atoms with van der Waals surface area (Å²) in [5, 5.41) is 0. The Hall–Kier alpha value is -1.90. The molecule has 1 aromatic rings. The van der Waals surface area contributed by atoms with Gasteiger partial charge in [0.2, 0.25) is 0 Å². The number of esters is 2. The van der Waals surface area contributed by atoms with Crippen molar-refractivity contribution in [3.05, 3.63) is 31.5 Å². The Bertz CT molecular complexity index is 725. The van der Waals surface area contributed by atoms with Crippen LogP contribution >= 0.6 is 15.9 Å². The van der Waals surface area contributed by atoms with Crippen LogP contribution in [0.25, 0.3) is 0 Å². The van der Waals surface area contributed by atoms with E-state index in [0.717, 1.165) is 0 Å². The molecule has 1 N–H and O–H groups in total. The summed E-state index contributed by atoms with van der Waals surface area (Å²) in [6, 6.07) is -0.430. The first-order valence-corrected chi connectivity index (χ1v) is 7.88. The predicted molar refractivity (Wildman–Crippen MR) is 83.0 cm³/mol. The average Bonchev–Trinajstić information content (AvgIpc) is 2.82. The summed E-state index contributed by atoms with van der Waals surface area (Å²) in [5.41, 5.74) is -1.10. The van der Waals surface area contributed by atoms with Gasteiger partial charge in [-0.2, -0.15) is 0 Å². The number of nitrogens with one attached hydrogen (secondary N) is 1. The third-order valence-corrected chi connectivity index (χ3v) is 4.26. The first-order valence-electron chi connectivity index (χ1n) is 7.09. The van der Waals surface area contributed by atoms with Crippen molar-refractivity contribution in [1.29, 1.82) is 0 Å². The minimum Gasteiger partial charge on any atom is -0.466 e.